The first-order chi connectivity index (χ1) is 10.1. The van der Waals surface area contributed by atoms with E-state index in [9.17, 15) is 9.59 Å². The molecular formula is C14H15N3O3S. The fraction of sp³-hybridized carbons (Fsp3) is 0.357. The van der Waals surface area contributed by atoms with Crippen molar-refractivity contribution in [2.24, 2.45) is 0 Å². The number of likely N-dealkylation sites (tertiary alicyclic amines) is 1. The number of carbonyl (C=O) groups excluding carboxylic acids is 2. The molecule has 0 bridgehead atoms. The molecule has 2 amide bonds. The highest BCUT2D eigenvalue weighted by Gasteiger charge is 2.36. The van der Waals surface area contributed by atoms with Gasteiger partial charge >= 0.3 is 0 Å². The molecular weight excluding hydrogens is 290 g/mol. The van der Waals surface area contributed by atoms with Gasteiger partial charge in [0.25, 0.3) is 5.91 Å². The van der Waals surface area contributed by atoms with Crippen molar-refractivity contribution in [3.8, 4) is 5.75 Å². The summed E-state index contributed by atoms with van der Waals surface area (Å²) in [6, 6.07) is 5.16. The Bertz CT molecular complexity index is 713. The Balaban J connectivity index is 1.82. The molecule has 2 aromatic rings. The third-order valence-electron chi connectivity index (χ3n) is 3.35. The number of benzene rings is 1. The molecule has 1 saturated heterocycles. The summed E-state index contributed by atoms with van der Waals surface area (Å²) < 4.78 is 6.44. The number of fused-ring (bicyclic) bond motifs is 1. The van der Waals surface area contributed by atoms with Gasteiger partial charge < -0.3 is 10.1 Å². The van der Waals surface area contributed by atoms with Crippen molar-refractivity contribution in [1.82, 2.24) is 9.88 Å². The van der Waals surface area contributed by atoms with E-state index in [0.29, 0.717) is 11.7 Å². The van der Waals surface area contributed by atoms with Crippen LogP contribution in [-0.2, 0) is 9.59 Å². The molecule has 2 heterocycles. The average molecular weight is 305 g/mol. The minimum absolute atomic E-state index is 0.169. The molecule has 0 saturated carbocycles. The Kier molecular flexibility index (Phi) is 3.50. The molecule has 0 spiro atoms. The molecule has 3 rings (SSSR count). The largest absolute Gasteiger partial charge is 0.494 e. The fourth-order valence-electron chi connectivity index (χ4n) is 2.24. The smallest absolute Gasteiger partial charge is 0.251 e. The number of carbonyl (C=O) groups is 2. The van der Waals surface area contributed by atoms with Gasteiger partial charge in [-0.15, -0.1) is 0 Å². The zero-order valence-electron chi connectivity index (χ0n) is 11.8. The third kappa shape index (κ3) is 2.56. The van der Waals surface area contributed by atoms with Crippen LogP contribution in [0.15, 0.2) is 18.2 Å². The molecule has 1 aliphatic rings. The quantitative estimate of drug-likeness (QED) is 0.873. The van der Waals surface area contributed by atoms with E-state index >= 15 is 0 Å². The van der Waals surface area contributed by atoms with Crippen molar-refractivity contribution in [1.29, 1.82) is 0 Å². The van der Waals surface area contributed by atoms with E-state index < -0.39 is 6.04 Å². The van der Waals surface area contributed by atoms with Crippen molar-refractivity contribution >= 4 is 38.5 Å². The Morgan fingerprint density at radius 2 is 2.29 bits per heavy atom. The van der Waals surface area contributed by atoms with Gasteiger partial charge in [0.05, 0.1) is 23.2 Å². The summed E-state index contributed by atoms with van der Waals surface area (Å²) in [5.41, 5.74) is 0.844. The lowest BCUT2D eigenvalue weighted by Crippen LogP contribution is -2.31. The fourth-order valence-corrected chi connectivity index (χ4v) is 3.19. The molecule has 110 valence electrons. The zero-order valence-corrected chi connectivity index (χ0v) is 12.6. The molecule has 21 heavy (non-hydrogen) atoms. The number of nitrogens with zero attached hydrogens (tertiary/aromatic N) is 2. The summed E-state index contributed by atoms with van der Waals surface area (Å²) in [7, 11) is 1.50. The Hall–Kier alpha value is -2.15. The number of hydrogen-bond donors (Lipinski definition) is 1. The van der Waals surface area contributed by atoms with Crippen LogP contribution in [-0.4, -0.2) is 41.4 Å². The van der Waals surface area contributed by atoms with Crippen LogP contribution in [0.3, 0.4) is 0 Å². The molecule has 1 unspecified atom stereocenters. The number of anilines is 1. The van der Waals surface area contributed by atoms with Gasteiger partial charge in [0.1, 0.15) is 11.8 Å². The molecule has 1 aromatic carbocycles. The van der Waals surface area contributed by atoms with Crippen LogP contribution in [0, 0.1) is 0 Å². The second-order valence-corrected chi connectivity index (χ2v) is 5.80. The second-order valence-electron chi connectivity index (χ2n) is 4.77. The average Bonchev–Trinajstić information content (AvgIpc) is 2.96. The van der Waals surface area contributed by atoms with E-state index in [-0.39, 0.29) is 18.2 Å². The van der Waals surface area contributed by atoms with Gasteiger partial charge in [-0.25, -0.2) is 4.98 Å². The van der Waals surface area contributed by atoms with E-state index in [1.165, 1.54) is 18.4 Å². The van der Waals surface area contributed by atoms with Gasteiger partial charge in [-0.3, -0.25) is 14.5 Å². The van der Waals surface area contributed by atoms with Crippen LogP contribution in [0.5, 0.6) is 5.75 Å². The summed E-state index contributed by atoms with van der Waals surface area (Å²) in [5, 5.41) is 3.69. The molecule has 1 N–H and O–H groups in total. The van der Waals surface area contributed by atoms with Crippen molar-refractivity contribution in [2.45, 2.75) is 19.4 Å². The minimum atomic E-state index is -0.519. The Morgan fingerprint density at radius 1 is 1.48 bits per heavy atom. The van der Waals surface area contributed by atoms with Crippen LogP contribution in [0.25, 0.3) is 10.2 Å². The van der Waals surface area contributed by atoms with Crippen LogP contribution in [0.1, 0.15) is 13.3 Å². The Labute approximate surface area is 125 Å². The number of ether oxygens (including phenoxy) is 1. The predicted octanol–water partition coefficient (Wildman–Crippen LogP) is 1.86. The van der Waals surface area contributed by atoms with Gasteiger partial charge in [-0.05, 0) is 25.1 Å². The molecule has 1 aromatic heterocycles. The lowest BCUT2D eigenvalue weighted by Gasteiger charge is -2.09. The summed E-state index contributed by atoms with van der Waals surface area (Å²) in [5.74, 6) is 0.415. The molecule has 7 heteroatoms. The number of amides is 2. The van der Waals surface area contributed by atoms with Gasteiger partial charge in [-0.2, -0.15) is 0 Å². The number of nitrogens with one attached hydrogen (secondary N) is 1. The minimum Gasteiger partial charge on any atom is -0.494 e. The third-order valence-corrected chi connectivity index (χ3v) is 4.30. The van der Waals surface area contributed by atoms with Crippen LogP contribution >= 0.6 is 11.3 Å². The van der Waals surface area contributed by atoms with E-state index in [0.717, 1.165) is 20.9 Å². The lowest BCUT2D eigenvalue weighted by atomic mass is 10.2. The summed E-state index contributed by atoms with van der Waals surface area (Å²) >= 11 is 1.44. The molecule has 0 radical (unpaired) electrons. The van der Waals surface area contributed by atoms with E-state index in [2.05, 4.69) is 10.3 Å². The van der Waals surface area contributed by atoms with E-state index in [1.54, 1.807) is 0 Å². The topological polar surface area (TPSA) is 71.5 Å². The highest BCUT2D eigenvalue weighted by molar-refractivity contribution is 7.22. The first-order valence-electron chi connectivity index (χ1n) is 6.69. The van der Waals surface area contributed by atoms with Gasteiger partial charge in [0.15, 0.2) is 5.13 Å². The lowest BCUT2D eigenvalue weighted by molar-refractivity contribution is -0.136. The Morgan fingerprint density at radius 3 is 2.95 bits per heavy atom. The number of hydrogen-bond acceptors (Lipinski definition) is 6. The van der Waals surface area contributed by atoms with E-state index in [4.69, 9.17) is 4.74 Å². The predicted molar refractivity (Wildman–Crippen MR) is 80.6 cm³/mol. The molecule has 0 aliphatic carbocycles. The maximum Gasteiger partial charge on any atom is 0.251 e. The van der Waals surface area contributed by atoms with Gasteiger partial charge in [0.2, 0.25) is 5.91 Å². The maximum atomic E-state index is 11.9. The normalized spacial score (nSPS) is 18.6. The van der Waals surface area contributed by atoms with E-state index in [1.807, 2.05) is 25.1 Å². The number of aromatic nitrogens is 1. The van der Waals surface area contributed by atoms with Crippen molar-refractivity contribution in [2.75, 3.05) is 19.0 Å². The van der Waals surface area contributed by atoms with Crippen LogP contribution in [0.2, 0.25) is 0 Å². The number of rotatable bonds is 4. The number of likely N-dealkylation sites (N-methyl/N-ethyl adjacent to an activating group) is 1. The zero-order chi connectivity index (χ0) is 15.0. The summed E-state index contributed by atoms with van der Waals surface area (Å²) in [4.78, 5) is 29.0. The molecule has 1 atom stereocenters. The van der Waals surface area contributed by atoms with Gasteiger partial charge in [0, 0.05) is 7.05 Å². The van der Waals surface area contributed by atoms with Crippen LogP contribution < -0.4 is 10.1 Å². The van der Waals surface area contributed by atoms with Crippen molar-refractivity contribution in [3.05, 3.63) is 18.2 Å². The molecule has 1 fully saturated rings. The highest BCUT2D eigenvalue weighted by atomic mass is 32.1. The molecule has 1 aliphatic heterocycles. The first kappa shape index (κ1) is 13.8. The maximum absolute atomic E-state index is 11.9. The first-order valence-corrected chi connectivity index (χ1v) is 7.50. The monoisotopic (exact) mass is 305 g/mol. The number of imide groups is 1. The van der Waals surface area contributed by atoms with Gasteiger partial charge in [-0.1, -0.05) is 11.3 Å². The van der Waals surface area contributed by atoms with Crippen molar-refractivity contribution in [3.63, 3.8) is 0 Å². The SMILES string of the molecule is CCOc1ccc2nc(NC3CC(=O)N(C)C3=O)sc2c1. The standard InChI is InChI=1S/C14H15N3O3S/c1-3-20-8-4-5-9-11(6-8)21-14(15-9)16-10-7-12(18)17(2)13(10)19/h4-6,10H,3,7H2,1-2H3,(H,15,16). The summed E-state index contributed by atoms with van der Waals surface area (Å²) in [6.07, 6.45) is 0.176. The second kappa shape index (κ2) is 5.33. The van der Waals surface area contributed by atoms with Crippen LogP contribution in [0.4, 0.5) is 5.13 Å². The highest BCUT2D eigenvalue weighted by Crippen LogP contribution is 2.30. The number of thiazole rings is 1. The molecule has 6 nitrogen and oxygen atoms in total. The summed E-state index contributed by atoms with van der Waals surface area (Å²) in [6.45, 7) is 2.55. The van der Waals surface area contributed by atoms with Crippen molar-refractivity contribution < 1.29 is 14.3 Å².